The van der Waals surface area contributed by atoms with Gasteiger partial charge in [-0.1, -0.05) is 29.8 Å². The van der Waals surface area contributed by atoms with Crippen LogP contribution < -0.4 is 29.6 Å². The van der Waals surface area contributed by atoms with Crippen molar-refractivity contribution in [1.82, 2.24) is 0 Å². The number of hydrogen-bond acceptors (Lipinski definition) is 2. The summed E-state index contributed by atoms with van der Waals surface area (Å²) in [5, 5.41) is 1.38. The second-order valence-corrected chi connectivity index (χ2v) is 5.35. The molecule has 0 amide bonds. The minimum absolute atomic E-state index is 0. The van der Waals surface area contributed by atoms with Gasteiger partial charge in [0.2, 0.25) is 0 Å². The van der Waals surface area contributed by atoms with Crippen molar-refractivity contribution in [1.29, 1.82) is 0 Å². The second-order valence-electron chi connectivity index (χ2n) is 3.96. The van der Waals surface area contributed by atoms with Gasteiger partial charge in [0.05, 0.1) is 0 Å². The van der Waals surface area contributed by atoms with Gasteiger partial charge in [0.25, 0.3) is 10.1 Å². The third-order valence-corrected chi connectivity index (χ3v) is 3.39. The van der Waals surface area contributed by atoms with Crippen molar-refractivity contribution in [3.63, 3.8) is 0 Å². The molecule has 2 aromatic carbocycles. The van der Waals surface area contributed by atoms with Gasteiger partial charge in [0.1, 0.15) is 4.90 Å². The average molecular weight is 260 g/mol. The summed E-state index contributed by atoms with van der Waals surface area (Å²) in [7, 11) is -4.17. The first-order valence-corrected chi connectivity index (χ1v) is 6.30. The number of benzene rings is 2. The van der Waals surface area contributed by atoms with Gasteiger partial charge in [0.15, 0.2) is 0 Å². The van der Waals surface area contributed by atoms with Gasteiger partial charge < -0.3 is 1.43 Å². The molecule has 2 rings (SSSR count). The van der Waals surface area contributed by atoms with Gasteiger partial charge in [0, 0.05) is 5.39 Å². The van der Waals surface area contributed by atoms with Crippen LogP contribution in [-0.4, -0.2) is 13.0 Å². The Morgan fingerprint density at radius 3 is 2.29 bits per heavy atom. The van der Waals surface area contributed by atoms with Crippen molar-refractivity contribution in [3.8, 4) is 0 Å². The van der Waals surface area contributed by atoms with E-state index in [1.807, 2.05) is 25.1 Å². The van der Waals surface area contributed by atoms with Crippen LogP contribution >= 0.6 is 0 Å². The van der Waals surface area contributed by atoms with Crippen LogP contribution in [0, 0.1) is 13.8 Å². The molecule has 2 aromatic rings. The molecule has 0 saturated heterocycles. The van der Waals surface area contributed by atoms with E-state index in [1.165, 1.54) is 6.07 Å². The van der Waals surface area contributed by atoms with Gasteiger partial charge in [-0.15, -0.1) is 0 Å². The zero-order valence-corrected chi connectivity index (χ0v) is 12.9. The standard InChI is InChI=1S/C12H12O3S.Na.H/c1-8-3-4-10-5-9(2)7-12(11(10)6-8)16(13,14)15;;/h3-7H,1-2H3,(H,13,14,15);;/q;+1;-1. The molecule has 3 nitrogen and oxygen atoms in total. The summed E-state index contributed by atoms with van der Waals surface area (Å²) in [6, 6.07) is 8.90. The summed E-state index contributed by atoms with van der Waals surface area (Å²) in [6.45, 7) is 3.68. The fourth-order valence-electron chi connectivity index (χ4n) is 1.79. The molecular weight excluding hydrogens is 247 g/mol. The van der Waals surface area contributed by atoms with Gasteiger partial charge >= 0.3 is 29.6 Å². The Morgan fingerprint density at radius 2 is 1.71 bits per heavy atom. The van der Waals surface area contributed by atoms with Crippen molar-refractivity contribution in [2.24, 2.45) is 0 Å². The van der Waals surface area contributed by atoms with Gasteiger partial charge in [-0.2, -0.15) is 8.42 Å². The van der Waals surface area contributed by atoms with E-state index in [9.17, 15) is 13.0 Å². The second kappa shape index (κ2) is 5.08. The summed E-state index contributed by atoms with van der Waals surface area (Å²) in [4.78, 5) is -0.0220. The molecule has 0 aliphatic carbocycles. The molecule has 0 atom stereocenters. The van der Waals surface area contributed by atoms with Crippen LogP contribution in [0.2, 0.25) is 0 Å². The Bertz CT molecular complexity index is 668. The maximum atomic E-state index is 11.3. The number of fused-ring (bicyclic) bond motifs is 1. The number of rotatable bonds is 1. The van der Waals surface area contributed by atoms with Crippen LogP contribution in [0.5, 0.6) is 0 Å². The average Bonchev–Trinajstić information content (AvgIpc) is 2.16. The van der Waals surface area contributed by atoms with Crippen LogP contribution in [0.15, 0.2) is 35.2 Å². The molecule has 0 heterocycles. The normalized spacial score (nSPS) is 11.2. The molecule has 17 heavy (non-hydrogen) atoms. The van der Waals surface area contributed by atoms with Crippen molar-refractivity contribution in [2.75, 3.05) is 0 Å². The molecule has 0 bridgehead atoms. The van der Waals surface area contributed by atoms with E-state index in [0.717, 1.165) is 16.5 Å². The van der Waals surface area contributed by atoms with Crippen molar-refractivity contribution in [3.05, 3.63) is 41.5 Å². The molecule has 0 aliphatic heterocycles. The van der Waals surface area contributed by atoms with Crippen molar-refractivity contribution >= 4 is 20.9 Å². The van der Waals surface area contributed by atoms with E-state index < -0.39 is 10.1 Å². The predicted octanol–water partition coefficient (Wildman–Crippen LogP) is -0.180. The fraction of sp³-hybridized carbons (Fsp3) is 0.167. The summed E-state index contributed by atoms with van der Waals surface area (Å²) in [5.74, 6) is 0. The molecule has 86 valence electrons. The molecule has 5 heteroatoms. The maximum Gasteiger partial charge on any atom is 1.00 e. The fourth-order valence-corrected chi connectivity index (χ4v) is 2.58. The van der Waals surface area contributed by atoms with E-state index in [-0.39, 0.29) is 35.9 Å². The smallest absolute Gasteiger partial charge is 1.00 e. The van der Waals surface area contributed by atoms with Crippen LogP contribution in [-0.2, 0) is 10.1 Å². The molecule has 0 unspecified atom stereocenters. The van der Waals surface area contributed by atoms with Crippen LogP contribution in [0.25, 0.3) is 10.8 Å². The summed E-state index contributed by atoms with van der Waals surface area (Å²) in [5.41, 5.74) is 1.77. The largest absolute Gasteiger partial charge is 1.00 e. The van der Waals surface area contributed by atoms with E-state index in [1.54, 1.807) is 13.0 Å². The third kappa shape index (κ3) is 3.09. The Labute approximate surface area is 124 Å². The maximum absolute atomic E-state index is 11.3. The van der Waals surface area contributed by atoms with Crippen LogP contribution in [0.1, 0.15) is 12.6 Å². The van der Waals surface area contributed by atoms with Crippen molar-refractivity contribution < 1.29 is 44.0 Å². The zero-order valence-electron chi connectivity index (χ0n) is 11.1. The van der Waals surface area contributed by atoms with E-state index in [4.69, 9.17) is 0 Å². The first kappa shape index (κ1) is 14.7. The van der Waals surface area contributed by atoms with Crippen LogP contribution in [0.4, 0.5) is 0 Å². The molecular formula is C12H13NaO3S. The summed E-state index contributed by atoms with van der Waals surface area (Å²) >= 11 is 0. The Kier molecular flexibility index (Phi) is 4.38. The first-order valence-electron chi connectivity index (χ1n) is 4.86. The SMILES string of the molecule is Cc1cc(S(=O)(=O)O)c2cc(C)ccc2c1.[H-].[Na+]. The van der Waals surface area contributed by atoms with E-state index >= 15 is 0 Å². The number of hydrogen-bond donors (Lipinski definition) is 1. The zero-order chi connectivity index (χ0) is 11.9. The monoisotopic (exact) mass is 260 g/mol. The minimum atomic E-state index is -4.17. The molecule has 0 aromatic heterocycles. The molecule has 0 aliphatic rings. The molecule has 0 radical (unpaired) electrons. The summed E-state index contributed by atoms with van der Waals surface area (Å²) in [6.07, 6.45) is 0. The summed E-state index contributed by atoms with van der Waals surface area (Å²) < 4.78 is 31.7. The van der Waals surface area contributed by atoms with E-state index in [0.29, 0.717) is 5.39 Å². The number of aryl methyl sites for hydroxylation is 2. The Hall–Kier alpha value is -0.390. The molecule has 1 N–H and O–H groups in total. The quantitative estimate of drug-likeness (QED) is 0.571. The van der Waals surface area contributed by atoms with Gasteiger partial charge in [-0.3, -0.25) is 4.55 Å². The van der Waals surface area contributed by atoms with Crippen LogP contribution in [0.3, 0.4) is 0 Å². The third-order valence-electron chi connectivity index (χ3n) is 2.49. The topological polar surface area (TPSA) is 54.4 Å². The van der Waals surface area contributed by atoms with E-state index in [2.05, 4.69) is 0 Å². The Balaban J connectivity index is 0.00000144. The molecule has 0 fully saturated rings. The Morgan fingerprint density at radius 1 is 1.06 bits per heavy atom. The predicted molar refractivity (Wildman–Crippen MR) is 64.3 cm³/mol. The van der Waals surface area contributed by atoms with Gasteiger partial charge in [-0.05, 0) is 30.9 Å². The molecule has 0 saturated carbocycles. The first-order chi connectivity index (χ1) is 7.38. The van der Waals surface area contributed by atoms with Gasteiger partial charge in [-0.25, -0.2) is 0 Å². The van der Waals surface area contributed by atoms with Crippen molar-refractivity contribution in [2.45, 2.75) is 18.7 Å². The minimum Gasteiger partial charge on any atom is -1.00 e. The molecule has 0 spiro atoms.